The van der Waals surface area contributed by atoms with Crippen LogP contribution < -0.4 is 11.1 Å². The van der Waals surface area contributed by atoms with Crippen LogP contribution in [0.15, 0.2) is 24.3 Å². The summed E-state index contributed by atoms with van der Waals surface area (Å²) in [5, 5.41) is 3.05. The minimum absolute atomic E-state index is 0. The lowest BCUT2D eigenvalue weighted by atomic mass is 9.81. The molecule has 0 bridgehead atoms. The summed E-state index contributed by atoms with van der Waals surface area (Å²) in [5.41, 5.74) is 7.44. The number of hydrogen-bond donors (Lipinski definition) is 2. The number of nitrogens with zero attached hydrogens (tertiary/aromatic N) is 1. The first-order chi connectivity index (χ1) is 11.1. The number of amides is 1. The lowest BCUT2D eigenvalue weighted by Crippen LogP contribution is -2.41. The molecule has 1 fully saturated rings. The zero-order valence-corrected chi connectivity index (χ0v) is 16.8. The van der Waals surface area contributed by atoms with Crippen molar-refractivity contribution in [2.45, 2.75) is 33.2 Å². The number of rotatable bonds is 7. The van der Waals surface area contributed by atoms with Crippen LogP contribution in [0.3, 0.4) is 0 Å². The minimum Gasteiger partial charge on any atom is -0.379 e. The number of nitrogens with one attached hydrogen (secondary N) is 1. The van der Waals surface area contributed by atoms with Crippen molar-refractivity contribution in [1.82, 2.24) is 4.90 Å². The van der Waals surface area contributed by atoms with Gasteiger partial charge < -0.3 is 15.8 Å². The SMILES string of the molecule is CCC(CC)(CN)C(=O)Nc1cccc(CN2CCOCC2)c1.Cl.Cl. The molecule has 0 spiro atoms. The molecule has 7 heteroatoms. The molecule has 25 heavy (non-hydrogen) atoms. The monoisotopic (exact) mass is 391 g/mol. The van der Waals surface area contributed by atoms with E-state index in [0.29, 0.717) is 6.54 Å². The summed E-state index contributed by atoms with van der Waals surface area (Å²) in [7, 11) is 0. The van der Waals surface area contributed by atoms with Crippen LogP contribution in [-0.4, -0.2) is 43.7 Å². The standard InChI is InChI=1S/C18H29N3O2.2ClH/c1-3-18(4-2,14-19)17(22)20-16-7-5-6-15(12-16)13-21-8-10-23-11-9-21;;/h5-7,12H,3-4,8-11,13-14,19H2,1-2H3,(H,20,22);2*1H. The second-order valence-electron chi connectivity index (χ2n) is 6.23. The van der Waals surface area contributed by atoms with Crippen molar-refractivity contribution in [2.24, 2.45) is 11.1 Å². The molecule has 0 atom stereocenters. The number of halogens is 2. The van der Waals surface area contributed by atoms with Crippen molar-refractivity contribution >= 4 is 36.4 Å². The van der Waals surface area contributed by atoms with Crippen LogP contribution in [0.1, 0.15) is 32.3 Å². The molecule has 1 aromatic rings. The molecule has 144 valence electrons. The second kappa shape index (κ2) is 11.7. The van der Waals surface area contributed by atoms with E-state index in [1.165, 1.54) is 5.56 Å². The van der Waals surface area contributed by atoms with Crippen LogP contribution in [0, 0.1) is 5.41 Å². The van der Waals surface area contributed by atoms with E-state index in [1.807, 2.05) is 26.0 Å². The highest BCUT2D eigenvalue weighted by atomic mass is 35.5. The summed E-state index contributed by atoms with van der Waals surface area (Å²) < 4.78 is 5.38. The summed E-state index contributed by atoms with van der Waals surface area (Å²) >= 11 is 0. The van der Waals surface area contributed by atoms with Gasteiger partial charge in [-0.25, -0.2) is 0 Å². The third-order valence-corrected chi connectivity index (χ3v) is 4.92. The normalized spacial score (nSPS) is 15.0. The smallest absolute Gasteiger partial charge is 0.231 e. The maximum Gasteiger partial charge on any atom is 0.231 e. The molecule has 0 saturated carbocycles. The first-order valence-electron chi connectivity index (χ1n) is 8.54. The number of nitrogens with two attached hydrogens (primary N) is 1. The Labute approximate surface area is 163 Å². The Bertz CT molecular complexity index is 511. The molecule has 3 N–H and O–H groups in total. The fourth-order valence-corrected chi connectivity index (χ4v) is 2.98. The third-order valence-electron chi connectivity index (χ3n) is 4.92. The van der Waals surface area contributed by atoms with Crippen molar-refractivity contribution in [1.29, 1.82) is 0 Å². The molecule has 0 unspecified atom stereocenters. The molecule has 1 aliphatic rings. The van der Waals surface area contributed by atoms with Crippen LogP contribution in [0.4, 0.5) is 5.69 Å². The largest absolute Gasteiger partial charge is 0.379 e. The van der Waals surface area contributed by atoms with E-state index >= 15 is 0 Å². The second-order valence-corrected chi connectivity index (χ2v) is 6.23. The lowest BCUT2D eigenvalue weighted by Gasteiger charge is -2.29. The molecular formula is C18H31Cl2N3O2. The molecule has 1 aromatic carbocycles. The molecule has 2 rings (SSSR count). The fourth-order valence-electron chi connectivity index (χ4n) is 2.98. The Morgan fingerprint density at radius 2 is 1.88 bits per heavy atom. The minimum atomic E-state index is -0.472. The molecule has 0 aromatic heterocycles. The zero-order valence-electron chi connectivity index (χ0n) is 15.1. The first-order valence-corrected chi connectivity index (χ1v) is 8.54. The first kappa shape index (κ1) is 24.1. The van der Waals surface area contributed by atoms with E-state index in [4.69, 9.17) is 10.5 Å². The maximum absolute atomic E-state index is 12.6. The Balaban J connectivity index is 0.00000288. The van der Waals surface area contributed by atoms with Crippen molar-refractivity contribution in [3.05, 3.63) is 29.8 Å². The van der Waals surface area contributed by atoms with Gasteiger partial charge in [0.2, 0.25) is 5.91 Å². The lowest BCUT2D eigenvalue weighted by molar-refractivity contribution is -0.125. The number of carbonyl (C=O) groups excluding carboxylic acids is 1. The quantitative estimate of drug-likeness (QED) is 0.749. The van der Waals surface area contributed by atoms with Gasteiger partial charge in [-0.3, -0.25) is 9.69 Å². The Morgan fingerprint density at radius 3 is 2.44 bits per heavy atom. The van der Waals surface area contributed by atoms with E-state index in [9.17, 15) is 4.79 Å². The van der Waals surface area contributed by atoms with Crippen LogP contribution >= 0.6 is 24.8 Å². The molecule has 1 heterocycles. The van der Waals surface area contributed by atoms with Crippen LogP contribution in [0.2, 0.25) is 0 Å². The molecule has 1 saturated heterocycles. The number of benzene rings is 1. The van der Waals surface area contributed by atoms with Gasteiger partial charge in [-0.05, 0) is 30.5 Å². The Morgan fingerprint density at radius 1 is 1.24 bits per heavy atom. The predicted octanol–water partition coefficient (Wildman–Crippen LogP) is 3.07. The summed E-state index contributed by atoms with van der Waals surface area (Å²) in [4.78, 5) is 15.0. The average molecular weight is 392 g/mol. The summed E-state index contributed by atoms with van der Waals surface area (Å²) in [5.74, 6) is 0.0218. The van der Waals surface area contributed by atoms with E-state index in [-0.39, 0.29) is 30.7 Å². The van der Waals surface area contributed by atoms with Gasteiger partial charge in [0.25, 0.3) is 0 Å². The van der Waals surface area contributed by atoms with E-state index < -0.39 is 5.41 Å². The molecule has 1 aliphatic heterocycles. The number of hydrogen-bond acceptors (Lipinski definition) is 4. The third kappa shape index (κ3) is 6.42. The fraction of sp³-hybridized carbons (Fsp3) is 0.611. The highest BCUT2D eigenvalue weighted by Gasteiger charge is 2.33. The zero-order chi connectivity index (χ0) is 16.7. The van der Waals surface area contributed by atoms with E-state index in [1.54, 1.807) is 0 Å². The topological polar surface area (TPSA) is 67.6 Å². The highest BCUT2D eigenvalue weighted by Crippen LogP contribution is 2.27. The Kier molecular flexibility index (Phi) is 11.3. The van der Waals surface area contributed by atoms with Crippen molar-refractivity contribution < 1.29 is 9.53 Å². The predicted molar refractivity (Wildman–Crippen MR) is 108 cm³/mol. The molecule has 1 amide bonds. The van der Waals surface area contributed by atoms with Gasteiger partial charge in [-0.15, -0.1) is 24.8 Å². The summed E-state index contributed by atoms with van der Waals surface area (Å²) in [6, 6.07) is 8.08. The van der Waals surface area contributed by atoms with Gasteiger partial charge in [0.05, 0.1) is 18.6 Å². The molecule has 0 radical (unpaired) electrons. The van der Waals surface area contributed by atoms with Crippen LogP contribution in [0.5, 0.6) is 0 Å². The Hall–Kier alpha value is -0.850. The van der Waals surface area contributed by atoms with Gasteiger partial charge in [-0.2, -0.15) is 0 Å². The van der Waals surface area contributed by atoms with Gasteiger partial charge in [0.1, 0.15) is 0 Å². The van der Waals surface area contributed by atoms with Gasteiger partial charge in [0.15, 0.2) is 0 Å². The van der Waals surface area contributed by atoms with E-state index in [2.05, 4.69) is 22.3 Å². The molecule has 5 nitrogen and oxygen atoms in total. The molecule has 0 aliphatic carbocycles. The summed E-state index contributed by atoms with van der Waals surface area (Å²) in [6.45, 7) is 8.80. The van der Waals surface area contributed by atoms with E-state index in [0.717, 1.165) is 51.4 Å². The maximum atomic E-state index is 12.6. The van der Waals surface area contributed by atoms with Crippen molar-refractivity contribution in [3.63, 3.8) is 0 Å². The highest BCUT2D eigenvalue weighted by molar-refractivity contribution is 5.95. The molecular weight excluding hydrogens is 361 g/mol. The number of carbonyl (C=O) groups is 1. The number of anilines is 1. The van der Waals surface area contributed by atoms with Gasteiger partial charge in [0, 0.05) is 31.9 Å². The van der Waals surface area contributed by atoms with Crippen molar-refractivity contribution in [3.8, 4) is 0 Å². The van der Waals surface area contributed by atoms with Crippen LogP contribution in [0.25, 0.3) is 0 Å². The average Bonchev–Trinajstić information content (AvgIpc) is 2.58. The van der Waals surface area contributed by atoms with Crippen LogP contribution in [-0.2, 0) is 16.1 Å². The van der Waals surface area contributed by atoms with Gasteiger partial charge in [-0.1, -0.05) is 26.0 Å². The van der Waals surface area contributed by atoms with Gasteiger partial charge >= 0.3 is 0 Å². The summed E-state index contributed by atoms with van der Waals surface area (Å²) in [6.07, 6.45) is 1.50. The number of morpholine rings is 1. The van der Waals surface area contributed by atoms with Crippen molar-refractivity contribution in [2.75, 3.05) is 38.2 Å². The number of ether oxygens (including phenoxy) is 1.